The van der Waals surface area contributed by atoms with E-state index < -0.39 is 56.3 Å². The predicted molar refractivity (Wildman–Crippen MR) is 140 cm³/mol. The average molecular weight is 596 g/mol. The number of benzene rings is 3. The molecular formula is C29H26F5NO5S. The maximum atomic E-state index is 14.6. The van der Waals surface area contributed by atoms with Gasteiger partial charge >= 0.3 is 12.1 Å². The van der Waals surface area contributed by atoms with Crippen LogP contribution in [0.5, 0.6) is 5.75 Å². The van der Waals surface area contributed by atoms with E-state index in [0.29, 0.717) is 18.9 Å². The van der Waals surface area contributed by atoms with Crippen molar-refractivity contribution in [1.82, 2.24) is 0 Å². The summed E-state index contributed by atoms with van der Waals surface area (Å²) in [4.78, 5) is 11.9. The summed E-state index contributed by atoms with van der Waals surface area (Å²) in [5.74, 6) is -2.69. The highest BCUT2D eigenvalue weighted by Crippen LogP contribution is 2.49. The standard InChI is InChI=1S/C29H26F5NO5S/c1-2-3-11-39-28(36)23-15-22(23)27-16-35(41(37,38)20-6-4-5-18(13-20)29(32,33)34)25-12-17(7-10-26(25)40-27)21-14-19(30)8-9-24(21)31/h4-10,12-14,22-23,27H,2-3,11,15-16H2,1H3/t22-,23-,27+/m0/s1. The van der Waals surface area contributed by atoms with Gasteiger partial charge in [0.2, 0.25) is 0 Å². The van der Waals surface area contributed by atoms with Crippen molar-refractivity contribution in [2.75, 3.05) is 17.5 Å². The number of esters is 1. The number of ether oxygens (including phenoxy) is 2. The van der Waals surface area contributed by atoms with Crippen molar-refractivity contribution < 1.29 is 44.6 Å². The fraction of sp³-hybridized carbons (Fsp3) is 0.345. The SMILES string of the molecule is CCCCOC(=O)[C@H]1C[C@@H]1[C@H]1CN(S(=O)(=O)c2cccc(C(F)(F)F)c2)c2cc(-c3cc(F)ccc3F)ccc2O1. The molecule has 1 saturated carbocycles. The number of unbranched alkanes of at least 4 members (excludes halogenated alkanes) is 1. The van der Waals surface area contributed by atoms with E-state index in [9.17, 15) is 35.2 Å². The first-order chi connectivity index (χ1) is 19.4. The minimum absolute atomic E-state index is 0.0532. The van der Waals surface area contributed by atoms with Gasteiger partial charge in [0.15, 0.2) is 0 Å². The summed E-state index contributed by atoms with van der Waals surface area (Å²) in [6.07, 6.45) is -3.64. The Morgan fingerprint density at radius 2 is 1.85 bits per heavy atom. The second-order valence-corrected chi connectivity index (χ2v) is 11.9. The molecule has 3 atom stereocenters. The molecule has 1 aliphatic heterocycles. The lowest BCUT2D eigenvalue weighted by molar-refractivity contribution is -0.146. The number of hydrogen-bond donors (Lipinski definition) is 0. The van der Waals surface area contributed by atoms with Gasteiger partial charge in [0, 0.05) is 11.5 Å². The molecule has 3 aromatic rings. The fourth-order valence-corrected chi connectivity index (χ4v) is 6.42. The predicted octanol–water partition coefficient (Wildman–Crippen LogP) is 6.59. The molecule has 0 saturated heterocycles. The number of halogens is 5. The van der Waals surface area contributed by atoms with Crippen LogP contribution < -0.4 is 9.04 Å². The van der Waals surface area contributed by atoms with E-state index >= 15 is 0 Å². The molecule has 0 spiro atoms. The Morgan fingerprint density at radius 3 is 2.59 bits per heavy atom. The molecule has 0 unspecified atom stereocenters. The average Bonchev–Trinajstić information content (AvgIpc) is 3.74. The largest absolute Gasteiger partial charge is 0.486 e. The molecule has 0 radical (unpaired) electrons. The summed E-state index contributed by atoms with van der Waals surface area (Å²) in [6.45, 7) is 1.90. The van der Waals surface area contributed by atoms with Crippen molar-refractivity contribution in [2.45, 2.75) is 43.4 Å². The number of anilines is 1. The number of rotatable bonds is 8. The highest BCUT2D eigenvalue weighted by molar-refractivity contribution is 7.92. The lowest BCUT2D eigenvalue weighted by atomic mass is 10.0. The molecule has 2 aliphatic rings. The van der Waals surface area contributed by atoms with Crippen LogP contribution in [0.2, 0.25) is 0 Å². The molecular weight excluding hydrogens is 569 g/mol. The third-order valence-electron chi connectivity index (χ3n) is 7.20. The zero-order valence-electron chi connectivity index (χ0n) is 21.8. The lowest BCUT2D eigenvalue weighted by Gasteiger charge is -2.36. The second kappa shape index (κ2) is 11.0. The van der Waals surface area contributed by atoms with Gasteiger partial charge in [0.1, 0.15) is 23.5 Å². The first-order valence-corrected chi connectivity index (χ1v) is 14.5. The summed E-state index contributed by atoms with van der Waals surface area (Å²) >= 11 is 0. The van der Waals surface area contributed by atoms with Gasteiger partial charge in [-0.2, -0.15) is 13.2 Å². The van der Waals surface area contributed by atoms with E-state index in [4.69, 9.17) is 9.47 Å². The van der Waals surface area contributed by atoms with Crippen molar-refractivity contribution in [1.29, 1.82) is 0 Å². The van der Waals surface area contributed by atoms with Gasteiger partial charge in [-0.1, -0.05) is 25.5 Å². The number of nitrogens with zero attached hydrogens (tertiary/aromatic N) is 1. The highest BCUT2D eigenvalue weighted by Gasteiger charge is 2.52. The lowest BCUT2D eigenvalue weighted by Crippen LogP contribution is -2.45. The van der Waals surface area contributed by atoms with Gasteiger partial charge in [-0.05, 0) is 66.9 Å². The van der Waals surface area contributed by atoms with Crippen LogP contribution >= 0.6 is 0 Å². The first kappa shape index (κ1) is 28.8. The Morgan fingerprint density at radius 1 is 1.07 bits per heavy atom. The second-order valence-electron chi connectivity index (χ2n) is 10.1. The minimum atomic E-state index is -4.78. The van der Waals surface area contributed by atoms with Crippen LogP contribution in [0.25, 0.3) is 11.1 Å². The number of hydrogen-bond acceptors (Lipinski definition) is 5. The van der Waals surface area contributed by atoms with Crippen molar-refractivity contribution in [3.63, 3.8) is 0 Å². The molecule has 3 aromatic carbocycles. The number of carbonyl (C=O) groups is 1. The monoisotopic (exact) mass is 595 g/mol. The van der Waals surface area contributed by atoms with Gasteiger partial charge < -0.3 is 9.47 Å². The molecule has 12 heteroatoms. The van der Waals surface area contributed by atoms with Crippen molar-refractivity contribution >= 4 is 21.7 Å². The molecule has 6 nitrogen and oxygen atoms in total. The summed E-state index contributed by atoms with van der Waals surface area (Å²) in [7, 11) is -4.60. The Balaban J connectivity index is 1.53. The van der Waals surface area contributed by atoms with Crippen molar-refractivity contribution in [3.8, 4) is 16.9 Å². The summed E-state index contributed by atoms with van der Waals surface area (Å²) in [6, 6.07) is 10.3. The molecule has 0 bridgehead atoms. The van der Waals surface area contributed by atoms with Crippen LogP contribution in [-0.4, -0.2) is 33.6 Å². The van der Waals surface area contributed by atoms with E-state index in [0.717, 1.165) is 47.1 Å². The van der Waals surface area contributed by atoms with E-state index in [1.54, 1.807) is 0 Å². The van der Waals surface area contributed by atoms with Crippen LogP contribution in [-0.2, 0) is 25.7 Å². The van der Waals surface area contributed by atoms with Crippen LogP contribution in [0.4, 0.5) is 27.6 Å². The number of fused-ring (bicyclic) bond motifs is 1. The molecule has 1 fully saturated rings. The smallest absolute Gasteiger partial charge is 0.416 e. The molecule has 0 amide bonds. The number of sulfonamides is 1. The third kappa shape index (κ3) is 5.88. The normalized spacial score (nSPS) is 20.2. The zero-order chi connectivity index (χ0) is 29.5. The van der Waals surface area contributed by atoms with Crippen LogP contribution in [0.15, 0.2) is 65.6 Å². The minimum Gasteiger partial charge on any atom is -0.486 e. The Labute approximate surface area is 233 Å². The van der Waals surface area contributed by atoms with Gasteiger partial charge in [-0.3, -0.25) is 9.10 Å². The van der Waals surface area contributed by atoms with Crippen molar-refractivity contribution in [2.24, 2.45) is 11.8 Å². The Bertz CT molecular complexity index is 1580. The summed E-state index contributed by atoms with van der Waals surface area (Å²) in [5.41, 5.74) is -1.20. The summed E-state index contributed by atoms with van der Waals surface area (Å²) in [5, 5.41) is 0. The molecule has 218 valence electrons. The van der Waals surface area contributed by atoms with Crippen LogP contribution in [0.3, 0.4) is 0 Å². The molecule has 1 heterocycles. The van der Waals surface area contributed by atoms with E-state index in [2.05, 4.69) is 0 Å². The van der Waals surface area contributed by atoms with Gasteiger partial charge in [0.25, 0.3) is 10.0 Å². The Hall–Kier alpha value is -3.67. The number of carbonyl (C=O) groups excluding carboxylic acids is 1. The molecule has 0 N–H and O–H groups in total. The van der Waals surface area contributed by atoms with E-state index in [1.807, 2.05) is 6.92 Å². The maximum absolute atomic E-state index is 14.6. The number of alkyl halides is 3. The van der Waals surface area contributed by atoms with Crippen molar-refractivity contribution in [3.05, 3.63) is 77.9 Å². The molecule has 1 aliphatic carbocycles. The van der Waals surface area contributed by atoms with E-state index in [-0.39, 0.29) is 41.6 Å². The molecule has 0 aromatic heterocycles. The summed E-state index contributed by atoms with van der Waals surface area (Å²) < 4.78 is 109. The topological polar surface area (TPSA) is 72.9 Å². The van der Waals surface area contributed by atoms with Gasteiger partial charge in [-0.25, -0.2) is 17.2 Å². The highest BCUT2D eigenvalue weighted by atomic mass is 32.2. The quantitative estimate of drug-likeness (QED) is 0.167. The van der Waals surface area contributed by atoms with Crippen LogP contribution in [0.1, 0.15) is 31.7 Å². The van der Waals surface area contributed by atoms with Gasteiger partial charge in [-0.15, -0.1) is 0 Å². The molecule has 5 rings (SSSR count). The van der Waals surface area contributed by atoms with Gasteiger partial charge in [0.05, 0.1) is 35.2 Å². The zero-order valence-corrected chi connectivity index (χ0v) is 22.6. The fourth-order valence-electron chi connectivity index (χ4n) is 4.89. The maximum Gasteiger partial charge on any atom is 0.416 e. The van der Waals surface area contributed by atoms with Crippen LogP contribution in [0, 0.1) is 23.5 Å². The molecule has 41 heavy (non-hydrogen) atoms. The van der Waals surface area contributed by atoms with E-state index in [1.165, 1.54) is 18.2 Å². The third-order valence-corrected chi connectivity index (χ3v) is 8.98. The Kier molecular flexibility index (Phi) is 7.71. The first-order valence-electron chi connectivity index (χ1n) is 13.0.